The van der Waals surface area contributed by atoms with Gasteiger partial charge in [-0.05, 0) is 40.4 Å². The molecule has 2 aromatic carbocycles. The number of fused-ring (bicyclic) bond motifs is 3. The number of halogens is 1. The first-order valence-electron chi connectivity index (χ1n) is 8.37. The molecule has 0 aliphatic carbocycles. The minimum absolute atomic E-state index is 0.424. The smallest absolute Gasteiger partial charge is 0.247 e. The molecule has 1 aliphatic heterocycles. The minimum Gasteiger partial charge on any atom is -0.493 e. The Morgan fingerprint density at radius 1 is 1.14 bits per heavy atom. The van der Waals surface area contributed by atoms with Crippen LogP contribution in [0.1, 0.15) is 11.8 Å². The summed E-state index contributed by atoms with van der Waals surface area (Å²) in [4.78, 5) is 4.52. The summed E-state index contributed by atoms with van der Waals surface area (Å²) >= 11 is 4.95. The van der Waals surface area contributed by atoms with Crippen molar-refractivity contribution in [3.05, 3.63) is 46.4 Å². The number of hydrogen-bond donors (Lipinski definition) is 1. The van der Waals surface area contributed by atoms with Crippen LogP contribution >= 0.6 is 27.7 Å². The number of methoxy groups -OCH3 is 2. The van der Waals surface area contributed by atoms with E-state index in [1.54, 1.807) is 14.2 Å². The topological polar surface area (TPSA) is 78.4 Å². The van der Waals surface area contributed by atoms with Crippen molar-refractivity contribution in [1.82, 2.24) is 15.2 Å². The van der Waals surface area contributed by atoms with Crippen molar-refractivity contribution in [3.63, 3.8) is 0 Å². The van der Waals surface area contributed by atoms with Crippen molar-refractivity contribution < 1.29 is 14.2 Å². The van der Waals surface area contributed by atoms with Crippen molar-refractivity contribution in [3.8, 4) is 28.6 Å². The van der Waals surface area contributed by atoms with Gasteiger partial charge in [0.2, 0.25) is 11.0 Å². The van der Waals surface area contributed by atoms with Gasteiger partial charge < -0.3 is 19.5 Å². The highest BCUT2D eigenvalue weighted by atomic mass is 79.9. The van der Waals surface area contributed by atoms with Crippen LogP contribution in [0.25, 0.3) is 11.3 Å². The second kappa shape index (κ2) is 7.84. The molecule has 4 rings (SSSR count). The SMILES string of the molecule is COc1cc(C2Nc3ccccc3-c3nnc(SC)nc3O2)cc(Br)c1OC. The molecule has 9 heteroatoms. The number of hydrogen-bond acceptors (Lipinski definition) is 8. The Labute approximate surface area is 175 Å². The fourth-order valence-corrected chi connectivity index (χ4v) is 3.89. The Morgan fingerprint density at radius 3 is 2.71 bits per heavy atom. The molecule has 0 bridgehead atoms. The summed E-state index contributed by atoms with van der Waals surface area (Å²) in [7, 11) is 3.20. The molecule has 0 saturated heterocycles. The second-order valence-electron chi connectivity index (χ2n) is 5.88. The zero-order valence-corrected chi connectivity index (χ0v) is 17.8. The van der Waals surface area contributed by atoms with Crippen molar-refractivity contribution in [2.45, 2.75) is 11.4 Å². The van der Waals surface area contributed by atoms with Crippen molar-refractivity contribution in [2.75, 3.05) is 25.8 Å². The third-order valence-electron chi connectivity index (χ3n) is 4.27. The Balaban J connectivity index is 1.85. The molecule has 1 atom stereocenters. The van der Waals surface area contributed by atoms with E-state index in [2.05, 4.69) is 36.4 Å². The van der Waals surface area contributed by atoms with E-state index in [1.807, 2.05) is 42.7 Å². The van der Waals surface area contributed by atoms with Gasteiger partial charge in [0.1, 0.15) is 0 Å². The number of rotatable bonds is 4. The second-order valence-corrected chi connectivity index (χ2v) is 7.51. The molecule has 1 aliphatic rings. The largest absolute Gasteiger partial charge is 0.493 e. The number of ether oxygens (including phenoxy) is 3. The molecule has 3 aromatic rings. The van der Waals surface area contributed by atoms with Gasteiger partial charge in [0.05, 0.1) is 18.7 Å². The van der Waals surface area contributed by atoms with Crippen LogP contribution in [0, 0.1) is 0 Å². The average Bonchev–Trinajstić information content (AvgIpc) is 2.89. The molecule has 1 N–H and O–H groups in total. The molecular weight excluding hydrogens is 444 g/mol. The summed E-state index contributed by atoms with van der Waals surface area (Å²) in [5.41, 5.74) is 3.21. The zero-order valence-electron chi connectivity index (χ0n) is 15.4. The first-order chi connectivity index (χ1) is 13.6. The van der Waals surface area contributed by atoms with Gasteiger partial charge in [-0.3, -0.25) is 0 Å². The van der Waals surface area contributed by atoms with E-state index in [4.69, 9.17) is 14.2 Å². The van der Waals surface area contributed by atoms with Crippen molar-refractivity contribution >= 4 is 33.4 Å². The highest BCUT2D eigenvalue weighted by Crippen LogP contribution is 2.42. The molecule has 0 radical (unpaired) electrons. The summed E-state index contributed by atoms with van der Waals surface area (Å²) in [6.07, 6.45) is 1.39. The molecule has 1 unspecified atom stereocenters. The highest BCUT2D eigenvalue weighted by Gasteiger charge is 2.27. The molecule has 0 amide bonds. The van der Waals surface area contributed by atoms with Crippen LogP contribution in [0.15, 0.2) is 46.0 Å². The lowest BCUT2D eigenvalue weighted by molar-refractivity contribution is 0.224. The molecule has 0 fully saturated rings. The van der Waals surface area contributed by atoms with Crippen molar-refractivity contribution in [2.24, 2.45) is 0 Å². The molecule has 1 aromatic heterocycles. The van der Waals surface area contributed by atoms with E-state index in [1.165, 1.54) is 11.8 Å². The fraction of sp³-hybridized carbons (Fsp3) is 0.211. The van der Waals surface area contributed by atoms with Crippen LogP contribution in [-0.4, -0.2) is 35.7 Å². The van der Waals surface area contributed by atoms with Gasteiger partial charge in [0.25, 0.3) is 0 Å². The lowest BCUT2D eigenvalue weighted by atomic mass is 10.1. The quantitative estimate of drug-likeness (QED) is 0.568. The standard InChI is InChI=1S/C19H17BrN4O3S/c1-25-14-9-10(8-12(20)16(14)26-2)17-21-13-7-5-4-6-11(13)15-18(27-17)22-19(28-3)24-23-15/h4-9,17,21H,1-3H3. The Hall–Kier alpha value is -2.52. The van der Waals surface area contributed by atoms with Crippen LogP contribution in [0.2, 0.25) is 0 Å². The molecule has 2 heterocycles. The summed E-state index contributed by atoms with van der Waals surface area (Å²) in [5.74, 6) is 1.64. The van der Waals surface area contributed by atoms with E-state index in [0.29, 0.717) is 28.2 Å². The van der Waals surface area contributed by atoms with Crippen LogP contribution in [-0.2, 0) is 0 Å². The van der Waals surface area contributed by atoms with E-state index in [9.17, 15) is 0 Å². The van der Waals surface area contributed by atoms with Crippen LogP contribution < -0.4 is 19.5 Å². The van der Waals surface area contributed by atoms with Gasteiger partial charge in [-0.15, -0.1) is 10.2 Å². The Bertz CT molecular complexity index is 1030. The zero-order chi connectivity index (χ0) is 19.7. The van der Waals surface area contributed by atoms with Crippen LogP contribution in [0.5, 0.6) is 17.4 Å². The first kappa shape index (κ1) is 18.8. The molecular formula is C19H17BrN4O3S. The first-order valence-corrected chi connectivity index (χ1v) is 10.4. The number of nitrogens with zero attached hydrogens (tertiary/aromatic N) is 3. The number of benzene rings is 2. The van der Waals surface area contributed by atoms with Crippen LogP contribution in [0.3, 0.4) is 0 Å². The summed E-state index contributed by atoms with van der Waals surface area (Å²) in [6, 6.07) is 11.6. The fourth-order valence-electron chi connectivity index (χ4n) is 2.97. The summed E-state index contributed by atoms with van der Waals surface area (Å²) in [5, 5.41) is 12.5. The molecule has 144 valence electrons. The average molecular weight is 461 g/mol. The Morgan fingerprint density at radius 2 is 1.96 bits per heavy atom. The van der Waals surface area contributed by atoms with E-state index in [0.717, 1.165) is 21.3 Å². The van der Waals surface area contributed by atoms with Gasteiger partial charge in [0, 0.05) is 16.8 Å². The van der Waals surface area contributed by atoms with E-state index in [-0.39, 0.29) is 0 Å². The number of para-hydroxylation sites is 1. The van der Waals surface area contributed by atoms with Gasteiger partial charge in [-0.1, -0.05) is 30.0 Å². The number of nitrogens with one attached hydrogen (secondary N) is 1. The van der Waals surface area contributed by atoms with Gasteiger partial charge in [-0.25, -0.2) is 0 Å². The maximum absolute atomic E-state index is 6.24. The lowest BCUT2D eigenvalue weighted by Crippen LogP contribution is -2.17. The monoisotopic (exact) mass is 460 g/mol. The van der Waals surface area contributed by atoms with Crippen molar-refractivity contribution in [1.29, 1.82) is 0 Å². The van der Waals surface area contributed by atoms with E-state index >= 15 is 0 Å². The maximum Gasteiger partial charge on any atom is 0.247 e. The highest BCUT2D eigenvalue weighted by molar-refractivity contribution is 9.10. The third kappa shape index (κ3) is 3.35. The normalized spacial score (nSPS) is 14.8. The number of thioether (sulfide) groups is 1. The predicted molar refractivity (Wildman–Crippen MR) is 111 cm³/mol. The number of aromatic nitrogens is 3. The van der Waals surface area contributed by atoms with Gasteiger partial charge in [0.15, 0.2) is 23.4 Å². The molecule has 0 spiro atoms. The number of anilines is 1. The van der Waals surface area contributed by atoms with Gasteiger partial charge in [-0.2, -0.15) is 4.98 Å². The third-order valence-corrected chi connectivity index (χ3v) is 5.40. The lowest BCUT2D eigenvalue weighted by Gasteiger charge is -2.21. The van der Waals surface area contributed by atoms with Crippen LogP contribution in [0.4, 0.5) is 5.69 Å². The van der Waals surface area contributed by atoms with Gasteiger partial charge >= 0.3 is 0 Å². The predicted octanol–water partition coefficient (Wildman–Crippen LogP) is 4.54. The maximum atomic E-state index is 6.24. The Kier molecular flexibility index (Phi) is 5.27. The summed E-state index contributed by atoms with van der Waals surface area (Å²) < 4.78 is 17.9. The summed E-state index contributed by atoms with van der Waals surface area (Å²) in [6.45, 7) is 0. The van der Waals surface area contributed by atoms with E-state index < -0.39 is 6.23 Å². The molecule has 28 heavy (non-hydrogen) atoms. The molecule has 7 nitrogen and oxygen atoms in total. The molecule has 0 saturated carbocycles. The minimum atomic E-state index is -0.509.